The number of benzene rings is 3. The minimum Gasteiger partial charge on any atom is -0.507 e. The molecule has 0 saturated carbocycles. The van der Waals surface area contributed by atoms with E-state index in [1.54, 1.807) is 36.4 Å². The van der Waals surface area contributed by atoms with Crippen molar-refractivity contribution in [1.29, 1.82) is 0 Å². The molecular weight excluding hydrogens is 468 g/mol. The fourth-order valence-corrected chi connectivity index (χ4v) is 5.61. The Morgan fingerprint density at radius 1 is 0.971 bits per heavy atom. The van der Waals surface area contributed by atoms with Crippen molar-refractivity contribution >= 4 is 55.7 Å². The molecule has 1 aliphatic rings. The first-order chi connectivity index (χ1) is 16.2. The third kappa shape index (κ3) is 3.69. The highest BCUT2D eigenvalue weighted by molar-refractivity contribution is 7.22. The number of ketones is 1. The lowest BCUT2D eigenvalue weighted by molar-refractivity contribution is -0.132. The molecule has 1 aromatic heterocycles. The van der Waals surface area contributed by atoms with Crippen LogP contribution in [0.15, 0.2) is 66.2 Å². The lowest BCUT2D eigenvalue weighted by Crippen LogP contribution is -2.29. The van der Waals surface area contributed by atoms with E-state index >= 15 is 0 Å². The number of fused-ring (bicyclic) bond motifs is 1. The molecule has 4 aromatic rings. The quantitative estimate of drug-likeness (QED) is 0.203. The van der Waals surface area contributed by atoms with Crippen LogP contribution in [0.3, 0.4) is 0 Å². The molecule has 1 N–H and O–H groups in total. The van der Waals surface area contributed by atoms with Crippen molar-refractivity contribution in [1.82, 2.24) is 4.98 Å². The molecule has 5 nitrogen and oxygen atoms in total. The number of halogens is 1. The van der Waals surface area contributed by atoms with Gasteiger partial charge in [-0.1, -0.05) is 71.0 Å². The molecule has 170 valence electrons. The fraction of sp³-hybridized carbons (Fsp3) is 0.148. The van der Waals surface area contributed by atoms with Gasteiger partial charge in [0.15, 0.2) is 5.13 Å². The van der Waals surface area contributed by atoms with Crippen LogP contribution in [0.1, 0.15) is 33.9 Å². The summed E-state index contributed by atoms with van der Waals surface area (Å²) >= 11 is 7.46. The minimum atomic E-state index is -0.833. The zero-order valence-corrected chi connectivity index (χ0v) is 20.4. The zero-order chi connectivity index (χ0) is 24.1. The third-order valence-electron chi connectivity index (χ3n) is 5.98. The van der Waals surface area contributed by atoms with Gasteiger partial charge in [-0.25, -0.2) is 4.98 Å². The predicted octanol–water partition coefficient (Wildman–Crippen LogP) is 6.50. The van der Waals surface area contributed by atoms with Gasteiger partial charge in [0.2, 0.25) is 0 Å². The molecule has 0 aliphatic carbocycles. The molecule has 1 amide bonds. The normalized spacial score (nSPS) is 17.6. The maximum Gasteiger partial charge on any atom is 0.301 e. The largest absolute Gasteiger partial charge is 0.507 e. The topological polar surface area (TPSA) is 70.5 Å². The van der Waals surface area contributed by atoms with Crippen LogP contribution < -0.4 is 4.90 Å². The second-order valence-corrected chi connectivity index (χ2v) is 9.96. The first-order valence-corrected chi connectivity index (χ1v) is 12.0. The Bertz CT molecular complexity index is 1490. The van der Waals surface area contributed by atoms with Crippen LogP contribution in [0.2, 0.25) is 5.02 Å². The molecule has 0 unspecified atom stereocenters. The van der Waals surface area contributed by atoms with Gasteiger partial charge in [0.05, 0.1) is 21.8 Å². The number of nitrogens with zero attached hydrogens (tertiary/aromatic N) is 2. The van der Waals surface area contributed by atoms with Gasteiger partial charge in [-0.15, -0.1) is 0 Å². The van der Waals surface area contributed by atoms with Gasteiger partial charge in [-0.2, -0.15) is 0 Å². The molecular formula is C27H21ClN2O3S. The van der Waals surface area contributed by atoms with E-state index in [0.717, 1.165) is 26.9 Å². The van der Waals surface area contributed by atoms with Gasteiger partial charge in [0, 0.05) is 10.6 Å². The number of aromatic nitrogens is 1. The second-order valence-electron chi connectivity index (χ2n) is 8.51. The number of hydrogen-bond acceptors (Lipinski definition) is 5. The van der Waals surface area contributed by atoms with Crippen LogP contribution in [0, 0.1) is 20.8 Å². The lowest BCUT2D eigenvalue weighted by atomic mass is 9.95. The maximum atomic E-state index is 13.4. The number of rotatable bonds is 3. The highest BCUT2D eigenvalue weighted by atomic mass is 35.5. The summed E-state index contributed by atoms with van der Waals surface area (Å²) in [5.41, 5.74) is 5.06. The highest BCUT2D eigenvalue weighted by Crippen LogP contribution is 2.44. The molecule has 5 rings (SSSR count). The van der Waals surface area contributed by atoms with Crippen LogP contribution in [0.5, 0.6) is 0 Å². The summed E-state index contributed by atoms with van der Waals surface area (Å²) in [6, 6.07) is 17.3. The van der Waals surface area contributed by atoms with E-state index < -0.39 is 17.7 Å². The standard InChI is InChI=1S/C27H21ClN2O3S/c1-14-4-6-18(7-5-14)24(31)21-23(17-8-10-19(28)11-9-17)30(26(33)25(21)32)27-29-22-16(3)12-15(2)13-20(22)34-27/h4-13,23,31H,1-3H3/t23-/m1/s1. The monoisotopic (exact) mass is 488 g/mol. The van der Waals surface area contributed by atoms with Gasteiger partial charge in [0.1, 0.15) is 5.76 Å². The van der Waals surface area contributed by atoms with Gasteiger partial charge in [0.25, 0.3) is 5.78 Å². The average Bonchev–Trinajstić information content (AvgIpc) is 3.33. The van der Waals surface area contributed by atoms with Gasteiger partial charge < -0.3 is 5.11 Å². The Morgan fingerprint density at radius 2 is 1.65 bits per heavy atom. The molecule has 3 aromatic carbocycles. The molecule has 0 radical (unpaired) electrons. The average molecular weight is 489 g/mol. The van der Waals surface area contributed by atoms with Gasteiger partial charge in [-0.3, -0.25) is 14.5 Å². The molecule has 2 heterocycles. The number of hydrogen-bond donors (Lipinski definition) is 1. The second kappa shape index (κ2) is 8.38. The van der Waals surface area contributed by atoms with E-state index in [1.165, 1.54) is 16.2 Å². The van der Waals surface area contributed by atoms with Crippen LogP contribution >= 0.6 is 22.9 Å². The highest BCUT2D eigenvalue weighted by Gasteiger charge is 2.48. The first-order valence-electron chi connectivity index (χ1n) is 10.8. The Morgan fingerprint density at radius 3 is 2.32 bits per heavy atom. The van der Waals surface area contributed by atoms with Crippen molar-refractivity contribution in [2.45, 2.75) is 26.8 Å². The smallest absolute Gasteiger partial charge is 0.301 e. The summed E-state index contributed by atoms with van der Waals surface area (Å²) in [5, 5.41) is 12.2. The summed E-state index contributed by atoms with van der Waals surface area (Å²) in [6.45, 7) is 5.92. The van der Waals surface area contributed by atoms with Crippen LogP contribution in [-0.2, 0) is 9.59 Å². The summed E-state index contributed by atoms with van der Waals surface area (Å²) in [5.74, 6) is -1.68. The van der Waals surface area contributed by atoms with E-state index in [1.807, 2.05) is 45.0 Å². The number of anilines is 1. The van der Waals surface area contributed by atoms with Crippen molar-refractivity contribution in [2.75, 3.05) is 4.90 Å². The Labute approximate surface area is 205 Å². The summed E-state index contributed by atoms with van der Waals surface area (Å²) in [7, 11) is 0. The SMILES string of the molecule is Cc1ccc(C(O)=C2C(=O)C(=O)N(c3nc4c(C)cc(C)cc4s3)[C@@H]2c2ccc(Cl)cc2)cc1. The minimum absolute atomic E-state index is 0.0309. The van der Waals surface area contributed by atoms with Crippen molar-refractivity contribution in [2.24, 2.45) is 0 Å². The van der Waals surface area contributed by atoms with E-state index in [4.69, 9.17) is 16.6 Å². The number of aliphatic hydroxyl groups is 1. The van der Waals surface area contributed by atoms with Crippen LogP contribution in [0.25, 0.3) is 16.0 Å². The van der Waals surface area contributed by atoms with E-state index in [2.05, 4.69) is 0 Å². The molecule has 0 bridgehead atoms. The van der Waals surface area contributed by atoms with Crippen molar-refractivity contribution in [3.63, 3.8) is 0 Å². The molecule has 1 fully saturated rings. The maximum absolute atomic E-state index is 13.4. The molecule has 0 spiro atoms. The van der Waals surface area contributed by atoms with Crippen molar-refractivity contribution < 1.29 is 14.7 Å². The summed E-state index contributed by atoms with van der Waals surface area (Å²) < 4.78 is 0.933. The third-order valence-corrected chi connectivity index (χ3v) is 7.23. The fourth-order valence-electron chi connectivity index (χ4n) is 4.32. The van der Waals surface area contributed by atoms with Gasteiger partial charge >= 0.3 is 5.91 Å². The van der Waals surface area contributed by atoms with Crippen LogP contribution in [0.4, 0.5) is 5.13 Å². The number of thiazole rings is 1. The number of aryl methyl sites for hydroxylation is 3. The molecule has 1 atom stereocenters. The molecule has 1 aliphatic heterocycles. The first kappa shape index (κ1) is 22.3. The number of aliphatic hydroxyl groups excluding tert-OH is 1. The number of carbonyl (C=O) groups is 2. The molecule has 7 heteroatoms. The zero-order valence-electron chi connectivity index (χ0n) is 18.8. The Balaban J connectivity index is 1.74. The van der Waals surface area contributed by atoms with E-state index in [-0.39, 0.29) is 11.3 Å². The van der Waals surface area contributed by atoms with Crippen LogP contribution in [-0.4, -0.2) is 21.8 Å². The number of carbonyl (C=O) groups excluding carboxylic acids is 2. The number of Topliss-reactive ketones (excluding diaryl/α,β-unsaturated/α-hetero) is 1. The van der Waals surface area contributed by atoms with Crippen molar-refractivity contribution in [3.8, 4) is 0 Å². The summed E-state index contributed by atoms with van der Waals surface area (Å²) in [4.78, 5) is 32.8. The summed E-state index contributed by atoms with van der Waals surface area (Å²) in [6.07, 6.45) is 0. The number of amides is 1. The molecule has 34 heavy (non-hydrogen) atoms. The van der Waals surface area contributed by atoms with Gasteiger partial charge in [-0.05, 0) is 55.7 Å². The molecule has 1 saturated heterocycles. The van der Waals surface area contributed by atoms with Crippen molar-refractivity contribution in [3.05, 3.63) is 99.1 Å². The Hall–Kier alpha value is -3.48. The predicted molar refractivity (Wildman–Crippen MR) is 137 cm³/mol. The van der Waals surface area contributed by atoms with E-state index in [0.29, 0.717) is 21.3 Å². The Kier molecular flexibility index (Phi) is 5.50. The lowest BCUT2D eigenvalue weighted by Gasteiger charge is -2.23. The van der Waals surface area contributed by atoms with E-state index in [9.17, 15) is 14.7 Å².